The van der Waals surface area contributed by atoms with E-state index in [1.807, 2.05) is 62.4 Å². The van der Waals surface area contributed by atoms with Crippen LogP contribution in [-0.2, 0) is 25.7 Å². The molecule has 4 nitrogen and oxygen atoms in total. The quantitative estimate of drug-likeness (QED) is 0.566. The van der Waals surface area contributed by atoms with Gasteiger partial charge in [0.2, 0.25) is 0 Å². The molecule has 0 spiro atoms. The van der Waals surface area contributed by atoms with Crippen molar-refractivity contribution >= 4 is 22.7 Å². The third kappa shape index (κ3) is 5.88. The molecule has 0 aromatic heterocycles. The largest absolute Gasteiger partial charge is 0.461 e. The fourth-order valence-electron chi connectivity index (χ4n) is 2.14. The van der Waals surface area contributed by atoms with Gasteiger partial charge in [0, 0.05) is 0 Å². The van der Waals surface area contributed by atoms with E-state index < -0.39 is 11.9 Å². The Morgan fingerprint density at radius 2 is 1.58 bits per heavy atom. The maximum Gasteiger partial charge on any atom is 0.306 e. The van der Waals surface area contributed by atoms with Gasteiger partial charge in [-0.15, -0.1) is 0 Å². The Balaban J connectivity index is 1.74. The van der Waals surface area contributed by atoms with Gasteiger partial charge in [0.05, 0.1) is 12.8 Å². The van der Waals surface area contributed by atoms with Crippen LogP contribution >= 0.6 is 0 Å². The molecule has 0 aliphatic heterocycles. The molecule has 0 heterocycles. The minimum atomic E-state index is -0.401. The molecule has 0 radical (unpaired) electrons. The van der Waals surface area contributed by atoms with Crippen molar-refractivity contribution in [2.75, 3.05) is 6.61 Å². The van der Waals surface area contributed by atoms with E-state index in [-0.39, 0.29) is 26.1 Å². The Labute approximate surface area is 142 Å². The van der Waals surface area contributed by atoms with Crippen molar-refractivity contribution in [3.05, 3.63) is 59.7 Å². The lowest BCUT2D eigenvalue weighted by Gasteiger charge is -2.06. The molecule has 0 bridgehead atoms. The second-order valence-corrected chi connectivity index (χ2v) is 5.81. The molecule has 24 heavy (non-hydrogen) atoms. The third-order valence-corrected chi connectivity index (χ3v) is 3.48. The van der Waals surface area contributed by atoms with Crippen LogP contribution in [0.4, 0.5) is 0 Å². The van der Waals surface area contributed by atoms with Crippen LogP contribution in [0.2, 0.25) is 0 Å². The van der Waals surface area contributed by atoms with Crippen molar-refractivity contribution in [2.24, 2.45) is 0 Å². The highest BCUT2D eigenvalue weighted by Gasteiger charge is 2.09. The van der Waals surface area contributed by atoms with Gasteiger partial charge in [-0.3, -0.25) is 9.59 Å². The van der Waals surface area contributed by atoms with Gasteiger partial charge in [0.15, 0.2) is 0 Å². The third-order valence-electron chi connectivity index (χ3n) is 3.48. The van der Waals surface area contributed by atoms with E-state index in [2.05, 4.69) is 0 Å². The summed E-state index contributed by atoms with van der Waals surface area (Å²) in [5.74, 6) is -0.794. The van der Waals surface area contributed by atoms with Crippen molar-refractivity contribution in [3.8, 4) is 0 Å². The number of ether oxygens (including phenoxy) is 2. The number of hydrogen-bond donors (Lipinski definition) is 0. The van der Waals surface area contributed by atoms with Crippen molar-refractivity contribution in [1.29, 1.82) is 0 Å². The average Bonchev–Trinajstić information content (AvgIpc) is 2.57. The molecule has 0 saturated heterocycles. The lowest BCUT2D eigenvalue weighted by molar-refractivity contribution is -0.150. The molecule has 0 fully saturated rings. The summed E-state index contributed by atoms with van der Waals surface area (Å²) < 4.78 is 10.2. The molecular formula is C20H22O4. The first-order chi connectivity index (χ1) is 11.5. The summed E-state index contributed by atoms with van der Waals surface area (Å²) in [6.07, 6.45) is 1.88. The second-order valence-electron chi connectivity index (χ2n) is 5.81. The van der Waals surface area contributed by atoms with Crippen LogP contribution in [0.3, 0.4) is 0 Å². The highest BCUT2D eigenvalue weighted by atomic mass is 16.5. The standard InChI is InChI=1S/C20H22O4/c1-15(2)11-12-23-19(21)9-10-20(22)24-14-16-7-8-17-5-3-4-6-18(17)13-16/h3-8,11,13H,9-10,12,14H2,1-2H3. The Bertz CT molecular complexity index is 742. The monoisotopic (exact) mass is 326 g/mol. The van der Waals surface area contributed by atoms with E-state index in [1.54, 1.807) is 0 Å². The molecule has 2 aromatic carbocycles. The van der Waals surface area contributed by atoms with Gasteiger partial charge in [-0.1, -0.05) is 42.0 Å². The normalized spacial score (nSPS) is 10.2. The molecule has 2 rings (SSSR count). The van der Waals surface area contributed by atoms with E-state index in [0.717, 1.165) is 21.9 Å². The zero-order valence-corrected chi connectivity index (χ0v) is 14.1. The second kappa shape index (κ2) is 8.87. The number of esters is 2. The predicted octanol–water partition coefficient (Wildman–Crippen LogP) is 4.17. The fraction of sp³-hybridized carbons (Fsp3) is 0.300. The number of carbonyl (C=O) groups is 2. The average molecular weight is 326 g/mol. The molecule has 0 atom stereocenters. The number of benzene rings is 2. The van der Waals surface area contributed by atoms with Gasteiger partial charge >= 0.3 is 11.9 Å². The summed E-state index contributed by atoms with van der Waals surface area (Å²) in [6.45, 7) is 4.31. The summed E-state index contributed by atoms with van der Waals surface area (Å²) in [5.41, 5.74) is 2.01. The van der Waals surface area contributed by atoms with Gasteiger partial charge in [0.1, 0.15) is 13.2 Å². The first kappa shape index (κ1) is 17.7. The Kier molecular flexibility index (Phi) is 6.55. The first-order valence-corrected chi connectivity index (χ1v) is 7.97. The van der Waals surface area contributed by atoms with Gasteiger partial charge in [-0.05, 0) is 42.3 Å². The van der Waals surface area contributed by atoms with Crippen molar-refractivity contribution in [1.82, 2.24) is 0 Å². The Morgan fingerprint density at radius 1 is 0.917 bits per heavy atom. The van der Waals surface area contributed by atoms with Crippen molar-refractivity contribution < 1.29 is 19.1 Å². The van der Waals surface area contributed by atoms with Gasteiger partial charge in [0.25, 0.3) is 0 Å². The number of hydrogen-bond acceptors (Lipinski definition) is 4. The van der Waals surface area contributed by atoms with E-state index in [0.29, 0.717) is 0 Å². The van der Waals surface area contributed by atoms with Crippen LogP contribution in [0.5, 0.6) is 0 Å². The highest BCUT2D eigenvalue weighted by molar-refractivity contribution is 5.83. The Hall–Kier alpha value is -2.62. The number of fused-ring (bicyclic) bond motifs is 1. The predicted molar refractivity (Wildman–Crippen MR) is 93.4 cm³/mol. The SMILES string of the molecule is CC(C)=CCOC(=O)CCC(=O)OCc1ccc2ccccc2c1. The highest BCUT2D eigenvalue weighted by Crippen LogP contribution is 2.16. The molecule has 0 aliphatic carbocycles. The topological polar surface area (TPSA) is 52.6 Å². The number of rotatable bonds is 7. The summed E-state index contributed by atoms with van der Waals surface area (Å²) in [6, 6.07) is 13.9. The molecule has 0 amide bonds. The molecule has 0 aliphatic rings. The van der Waals surface area contributed by atoms with E-state index in [4.69, 9.17) is 9.47 Å². The van der Waals surface area contributed by atoms with E-state index >= 15 is 0 Å². The van der Waals surface area contributed by atoms with Crippen LogP contribution in [0, 0.1) is 0 Å². The molecule has 0 unspecified atom stereocenters. The van der Waals surface area contributed by atoms with Crippen LogP contribution in [-0.4, -0.2) is 18.5 Å². The first-order valence-electron chi connectivity index (χ1n) is 7.97. The van der Waals surface area contributed by atoms with E-state index in [1.165, 1.54) is 0 Å². The van der Waals surface area contributed by atoms with E-state index in [9.17, 15) is 9.59 Å². The Morgan fingerprint density at radius 3 is 2.29 bits per heavy atom. The van der Waals surface area contributed by atoms with Gasteiger partial charge < -0.3 is 9.47 Å². The fourth-order valence-corrected chi connectivity index (χ4v) is 2.14. The summed E-state index contributed by atoms with van der Waals surface area (Å²) in [7, 11) is 0. The van der Waals surface area contributed by atoms with Crippen LogP contribution < -0.4 is 0 Å². The van der Waals surface area contributed by atoms with Gasteiger partial charge in [-0.2, -0.15) is 0 Å². The zero-order valence-electron chi connectivity index (χ0n) is 14.1. The minimum Gasteiger partial charge on any atom is -0.461 e. The molecule has 2 aromatic rings. The summed E-state index contributed by atoms with van der Waals surface area (Å²) in [4.78, 5) is 23.2. The van der Waals surface area contributed by atoms with Crippen molar-refractivity contribution in [3.63, 3.8) is 0 Å². The number of carbonyl (C=O) groups excluding carboxylic acids is 2. The minimum absolute atomic E-state index is 0.0290. The molecule has 126 valence electrons. The van der Waals surface area contributed by atoms with Crippen molar-refractivity contribution in [2.45, 2.75) is 33.3 Å². The van der Waals surface area contributed by atoms with Crippen LogP contribution in [0.15, 0.2) is 54.1 Å². The molecule has 0 N–H and O–H groups in total. The van der Waals surface area contributed by atoms with Crippen LogP contribution in [0.1, 0.15) is 32.3 Å². The summed E-state index contributed by atoms with van der Waals surface area (Å²) in [5, 5.41) is 2.25. The molecule has 0 saturated carbocycles. The molecular weight excluding hydrogens is 304 g/mol. The lowest BCUT2D eigenvalue weighted by atomic mass is 10.1. The maximum absolute atomic E-state index is 11.7. The summed E-state index contributed by atoms with van der Waals surface area (Å²) >= 11 is 0. The zero-order chi connectivity index (χ0) is 17.4. The van der Waals surface area contributed by atoms with Gasteiger partial charge in [-0.25, -0.2) is 0 Å². The lowest BCUT2D eigenvalue weighted by Crippen LogP contribution is -2.10. The smallest absolute Gasteiger partial charge is 0.306 e. The van der Waals surface area contributed by atoms with Crippen LogP contribution in [0.25, 0.3) is 10.8 Å². The number of allylic oxidation sites excluding steroid dienone is 1. The molecule has 4 heteroatoms. The maximum atomic E-state index is 11.7.